The Kier molecular flexibility index (Phi) is 6.14. The van der Waals surface area contributed by atoms with Crippen LogP contribution in [0.1, 0.15) is 56.9 Å². The van der Waals surface area contributed by atoms with Crippen molar-refractivity contribution < 1.29 is 17.9 Å². The van der Waals surface area contributed by atoms with Gasteiger partial charge in [-0.05, 0) is 75.9 Å². The highest BCUT2D eigenvalue weighted by Gasteiger charge is 2.48. The van der Waals surface area contributed by atoms with Crippen molar-refractivity contribution >= 4 is 26.8 Å². The number of amides is 1. The second-order valence-electron chi connectivity index (χ2n) is 8.98. The summed E-state index contributed by atoms with van der Waals surface area (Å²) in [5.74, 6) is -0.0205. The maximum Gasteiger partial charge on any atom is 0.264 e. The normalized spacial score (nSPS) is 14.9. The molecule has 1 fully saturated rings. The van der Waals surface area contributed by atoms with Gasteiger partial charge in [0.1, 0.15) is 0 Å². The molecule has 1 N–H and O–H groups in total. The van der Waals surface area contributed by atoms with Crippen LogP contribution in [-0.2, 0) is 26.7 Å². The molecule has 0 spiro atoms. The summed E-state index contributed by atoms with van der Waals surface area (Å²) in [6, 6.07) is 10.4. The number of hydrogen-bond donors (Lipinski definition) is 1. The molecule has 0 saturated heterocycles. The van der Waals surface area contributed by atoms with Crippen LogP contribution in [0.5, 0.6) is 5.88 Å². The summed E-state index contributed by atoms with van der Waals surface area (Å²) < 4.78 is 34.4. The first-order valence-electron chi connectivity index (χ1n) is 11.2. The zero-order chi connectivity index (χ0) is 23.8. The minimum absolute atomic E-state index is 0.0455. The molecule has 4 rings (SSSR count). The Morgan fingerprint density at radius 2 is 1.97 bits per heavy atom. The lowest BCUT2D eigenvalue weighted by atomic mass is 9.91. The highest BCUT2D eigenvalue weighted by atomic mass is 32.2. The predicted molar refractivity (Wildman–Crippen MR) is 127 cm³/mol. The number of carbonyl (C=O) groups excluding carboxylic acids is 1. The topological polar surface area (TPSA) is 98.2 Å². The van der Waals surface area contributed by atoms with E-state index in [4.69, 9.17) is 4.74 Å². The molecule has 3 aromatic rings. The number of fused-ring (bicyclic) bond motifs is 1. The molecule has 0 radical (unpaired) electrons. The molecule has 2 aromatic heterocycles. The molecule has 8 heteroatoms. The highest BCUT2D eigenvalue weighted by molar-refractivity contribution is 7.90. The third-order valence-corrected chi connectivity index (χ3v) is 7.39. The number of aryl methyl sites for hydroxylation is 2. The van der Waals surface area contributed by atoms with Crippen LogP contribution in [0.2, 0.25) is 0 Å². The first kappa shape index (κ1) is 23.2. The maximum atomic E-state index is 13.1. The summed E-state index contributed by atoms with van der Waals surface area (Å²) in [5, 5.41) is 0.483. The average molecular weight is 468 g/mol. The fraction of sp³-hybridized carbons (Fsp3) is 0.400. The monoisotopic (exact) mass is 467 g/mol. The van der Waals surface area contributed by atoms with E-state index in [2.05, 4.69) is 14.7 Å². The van der Waals surface area contributed by atoms with Gasteiger partial charge in [-0.2, -0.15) is 0 Å². The van der Waals surface area contributed by atoms with E-state index in [-0.39, 0.29) is 17.4 Å². The molecule has 1 aliphatic carbocycles. The molecule has 33 heavy (non-hydrogen) atoms. The van der Waals surface area contributed by atoms with E-state index in [1.165, 1.54) is 6.07 Å². The largest absolute Gasteiger partial charge is 0.475 e. The summed E-state index contributed by atoms with van der Waals surface area (Å²) >= 11 is 0. The minimum Gasteiger partial charge on any atom is -0.475 e. The third kappa shape index (κ3) is 4.85. The lowest BCUT2D eigenvalue weighted by Gasteiger charge is -2.21. The molecule has 0 aliphatic heterocycles. The first-order valence-corrected chi connectivity index (χ1v) is 12.7. The van der Waals surface area contributed by atoms with Crippen molar-refractivity contribution in [1.82, 2.24) is 14.7 Å². The quantitative estimate of drug-likeness (QED) is 0.533. The Morgan fingerprint density at radius 1 is 1.21 bits per heavy atom. The second kappa shape index (κ2) is 8.74. The number of aromatic nitrogens is 2. The van der Waals surface area contributed by atoms with Gasteiger partial charge in [-0.15, -0.1) is 0 Å². The Bertz CT molecular complexity index is 1310. The average Bonchev–Trinajstić information content (AvgIpc) is 3.52. The van der Waals surface area contributed by atoms with Crippen molar-refractivity contribution in [3.05, 3.63) is 59.4 Å². The fourth-order valence-electron chi connectivity index (χ4n) is 4.09. The summed E-state index contributed by atoms with van der Waals surface area (Å²) in [5.41, 5.74) is 2.84. The predicted octanol–water partition coefficient (Wildman–Crippen LogP) is 4.21. The van der Waals surface area contributed by atoms with Gasteiger partial charge >= 0.3 is 0 Å². The van der Waals surface area contributed by atoms with E-state index in [0.717, 1.165) is 36.1 Å². The zero-order valence-electron chi connectivity index (χ0n) is 19.4. The van der Waals surface area contributed by atoms with Gasteiger partial charge in [0, 0.05) is 34.7 Å². The van der Waals surface area contributed by atoms with Crippen LogP contribution in [0.25, 0.3) is 10.9 Å². The molecule has 0 unspecified atom stereocenters. The van der Waals surface area contributed by atoms with Gasteiger partial charge in [-0.1, -0.05) is 13.0 Å². The van der Waals surface area contributed by atoms with Gasteiger partial charge in [-0.3, -0.25) is 9.78 Å². The van der Waals surface area contributed by atoms with Crippen LogP contribution in [0.15, 0.2) is 47.5 Å². The first-order chi connectivity index (χ1) is 15.6. The van der Waals surface area contributed by atoms with Crippen LogP contribution in [0, 0.1) is 6.92 Å². The van der Waals surface area contributed by atoms with E-state index in [9.17, 15) is 13.2 Å². The van der Waals surface area contributed by atoms with E-state index in [1.807, 2.05) is 33.8 Å². The molecule has 0 atom stereocenters. The minimum atomic E-state index is -4.05. The van der Waals surface area contributed by atoms with Gasteiger partial charge in [0.2, 0.25) is 11.8 Å². The Labute approximate surface area is 194 Å². The summed E-state index contributed by atoms with van der Waals surface area (Å²) in [7, 11) is -4.05. The van der Waals surface area contributed by atoms with Crippen molar-refractivity contribution in [3.63, 3.8) is 0 Å². The number of benzene rings is 1. The molecule has 1 aromatic carbocycles. The molecule has 2 heterocycles. The number of nitrogens with zero attached hydrogens (tertiary/aromatic N) is 2. The van der Waals surface area contributed by atoms with Crippen molar-refractivity contribution in [2.45, 2.75) is 69.8 Å². The molecule has 7 nitrogen and oxygen atoms in total. The van der Waals surface area contributed by atoms with Crippen LogP contribution >= 0.6 is 0 Å². The molecular formula is C25H29N3O4S. The summed E-state index contributed by atoms with van der Waals surface area (Å²) in [6.07, 6.45) is 4.16. The Balaban J connectivity index is 1.60. The zero-order valence-corrected chi connectivity index (χ0v) is 20.2. The maximum absolute atomic E-state index is 13.1. The number of carbonyl (C=O) groups is 1. The smallest absolute Gasteiger partial charge is 0.264 e. The number of nitrogens with one attached hydrogen (secondary N) is 1. The van der Waals surface area contributed by atoms with Crippen LogP contribution in [-0.4, -0.2) is 30.4 Å². The van der Waals surface area contributed by atoms with Crippen molar-refractivity contribution in [2.24, 2.45) is 0 Å². The molecule has 1 amide bonds. The van der Waals surface area contributed by atoms with E-state index >= 15 is 0 Å². The van der Waals surface area contributed by atoms with Crippen LogP contribution in [0.4, 0.5) is 0 Å². The Hall–Kier alpha value is -3.00. The van der Waals surface area contributed by atoms with Gasteiger partial charge in [0.15, 0.2) is 0 Å². The van der Waals surface area contributed by atoms with Crippen molar-refractivity contribution in [3.8, 4) is 5.88 Å². The van der Waals surface area contributed by atoms with Gasteiger partial charge in [-0.25, -0.2) is 18.1 Å². The number of sulfonamides is 1. The Morgan fingerprint density at radius 3 is 2.64 bits per heavy atom. The van der Waals surface area contributed by atoms with Gasteiger partial charge < -0.3 is 4.74 Å². The molecular weight excluding hydrogens is 438 g/mol. The highest BCUT2D eigenvalue weighted by Crippen LogP contribution is 2.53. The van der Waals surface area contributed by atoms with Crippen LogP contribution < -0.4 is 9.46 Å². The molecule has 0 bridgehead atoms. The number of rotatable bonds is 8. The molecule has 1 aliphatic rings. The number of ether oxygens (including phenoxy) is 1. The van der Waals surface area contributed by atoms with E-state index in [1.54, 1.807) is 30.5 Å². The number of pyridine rings is 2. The van der Waals surface area contributed by atoms with Crippen molar-refractivity contribution in [1.29, 1.82) is 0 Å². The third-order valence-electron chi connectivity index (χ3n) is 5.96. The SMILES string of the molecule is CCc1cnc(OC(C)C)c(C2(CC(=O)NS(=O)(=O)c3cccc4nc(C)ccc34)CC2)c1. The van der Waals surface area contributed by atoms with E-state index < -0.39 is 21.3 Å². The fourth-order valence-corrected chi connectivity index (χ4v) is 5.29. The van der Waals surface area contributed by atoms with Crippen LogP contribution in [0.3, 0.4) is 0 Å². The number of hydrogen-bond acceptors (Lipinski definition) is 6. The second-order valence-corrected chi connectivity index (χ2v) is 10.6. The van der Waals surface area contributed by atoms with Crippen molar-refractivity contribution in [2.75, 3.05) is 0 Å². The lowest BCUT2D eigenvalue weighted by molar-refractivity contribution is -0.119. The lowest BCUT2D eigenvalue weighted by Crippen LogP contribution is -2.33. The van der Waals surface area contributed by atoms with Gasteiger partial charge in [0.05, 0.1) is 16.5 Å². The van der Waals surface area contributed by atoms with Gasteiger partial charge in [0.25, 0.3) is 10.0 Å². The standard InChI is InChI=1S/C25H29N3O4S/c1-5-18-13-20(24(26-15-18)32-16(2)3)25(11-12-25)14-23(29)28-33(30,31)22-8-6-7-21-19(22)10-9-17(4)27-21/h6-10,13,15-16H,5,11-12,14H2,1-4H3,(H,28,29). The molecule has 174 valence electrons. The van der Waals surface area contributed by atoms with E-state index in [0.29, 0.717) is 16.8 Å². The molecule has 1 saturated carbocycles. The summed E-state index contributed by atoms with van der Waals surface area (Å²) in [4.78, 5) is 21.9. The summed E-state index contributed by atoms with van der Waals surface area (Å²) in [6.45, 7) is 7.75.